The van der Waals surface area contributed by atoms with Gasteiger partial charge in [-0.15, -0.1) is 11.3 Å². The number of rotatable bonds is 10. The van der Waals surface area contributed by atoms with Crippen LogP contribution in [0.3, 0.4) is 0 Å². The van der Waals surface area contributed by atoms with E-state index in [1.165, 1.54) is 0 Å². The molecule has 7 nitrogen and oxygen atoms in total. The zero-order valence-electron chi connectivity index (χ0n) is 26.8. The van der Waals surface area contributed by atoms with Crippen LogP contribution in [0.5, 0.6) is 23.0 Å². The van der Waals surface area contributed by atoms with Gasteiger partial charge in [-0.25, -0.2) is 4.79 Å². The van der Waals surface area contributed by atoms with Crippen molar-refractivity contribution in [3.8, 4) is 33.4 Å². The lowest BCUT2D eigenvalue weighted by molar-refractivity contribution is 0.0179. The SMILES string of the molecule is CC(C)(C)C1CN(CCOc2ccc(Oc3c(-c4ccc(Br)cc4)sc4cc(OCc5ccccc5)ccc34)cc2)CCN1C(=O)O. The van der Waals surface area contributed by atoms with E-state index in [4.69, 9.17) is 14.2 Å². The summed E-state index contributed by atoms with van der Waals surface area (Å²) in [5, 5.41) is 10.7. The summed E-state index contributed by atoms with van der Waals surface area (Å²) in [7, 11) is 0. The van der Waals surface area contributed by atoms with Crippen molar-refractivity contribution in [1.82, 2.24) is 9.80 Å². The predicted octanol–water partition coefficient (Wildman–Crippen LogP) is 9.79. The molecule has 0 saturated carbocycles. The van der Waals surface area contributed by atoms with E-state index in [1.54, 1.807) is 16.2 Å². The Labute approximate surface area is 288 Å². The van der Waals surface area contributed by atoms with Gasteiger partial charge in [-0.1, -0.05) is 79.2 Å². The normalized spacial score (nSPS) is 15.5. The fraction of sp³-hybridized carbons (Fsp3) is 0.289. The highest BCUT2D eigenvalue weighted by Gasteiger charge is 2.37. The molecule has 1 amide bonds. The molecule has 1 saturated heterocycles. The Balaban J connectivity index is 1.13. The van der Waals surface area contributed by atoms with Crippen LogP contribution in [0, 0.1) is 5.41 Å². The van der Waals surface area contributed by atoms with Gasteiger partial charge in [-0.3, -0.25) is 4.90 Å². The summed E-state index contributed by atoms with van der Waals surface area (Å²) in [4.78, 5) is 16.7. The van der Waals surface area contributed by atoms with Gasteiger partial charge in [0.25, 0.3) is 0 Å². The summed E-state index contributed by atoms with van der Waals surface area (Å²) in [6, 6.07) is 32.2. The minimum atomic E-state index is -0.847. The van der Waals surface area contributed by atoms with E-state index in [-0.39, 0.29) is 11.5 Å². The molecule has 6 rings (SSSR count). The Morgan fingerprint density at radius 3 is 2.30 bits per heavy atom. The molecule has 1 aliphatic heterocycles. The molecule has 244 valence electrons. The Morgan fingerprint density at radius 1 is 0.894 bits per heavy atom. The Kier molecular flexibility index (Phi) is 10.1. The Bertz CT molecular complexity index is 1800. The number of halogens is 1. The number of carbonyl (C=O) groups is 1. The number of hydrogen-bond donors (Lipinski definition) is 1. The first-order valence-corrected chi connectivity index (χ1v) is 17.4. The summed E-state index contributed by atoms with van der Waals surface area (Å²) < 4.78 is 20.9. The monoisotopic (exact) mass is 714 g/mol. The second-order valence-corrected chi connectivity index (χ2v) is 14.7. The number of benzene rings is 4. The van der Waals surface area contributed by atoms with E-state index in [1.807, 2.05) is 60.7 Å². The first kappa shape index (κ1) is 32.9. The van der Waals surface area contributed by atoms with Crippen LogP contribution in [0.15, 0.2) is 102 Å². The molecule has 0 aliphatic carbocycles. The van der Waals surface area contributed by atoms with Crippen molar-refractivity contribution < 1.29 is 24.1 Å². The molecule has 1 atom stereocenters. The van der Waals surface area contributed by atoms with Gasteiger partial charge in [0.1, 0.15) is 30.5 Å². The zero-order valence-corrected chi connectivity index (χ0v) is 29.2. The van der Waals surface area contributed by atoms with E-state index in [2.05, 4.69) is 78.0 Å². The maximum absolute atomic E-state index is 11.8. The summed E-state index contributed by atoms with van der Waals surface area (Å²) in [6.07, 6.45) is -0.847. The van der Waals surface area contributed by atoms with Crippen LogP contribution in [0.2, 0.25) is 0 Å². The molecule has 1 aliphatic rings. The number of fused-ring (bicyclic) bond motifs is 1. The number of ether oxygens (including phenoxy) is 3. The van der Waals surface area contributed by atoms with Gasteiger partial charge in [-0.05, 0) is 71.1 Å². The highest BCUT2D eigenvalue weighted by atomic mass is 79.9. The third-order valence-electron chi connectivity index (χ3n) is 8.40. The molecule has 0 bridgehead atoms. The molecule has 1 fully saturated rings. The van der Waals surface area contributed by atoms with Crippen molar-refractivity contribution in [3.63, 3.8) is 0 Å². The quantitative estimate of drug-likeness (QED) is 0.155. The van der Waals surface area contributed by atoms with Crippen LogP contribution in [0.25, 0.3) is 20.5 Å². The van der Waals surface area contributed by atoms with Crippen molar-refractivity contribution in [3.05, 3.63) is 107 Å². The fourth-order valence-electron chi connectivity index (χ4n) is 5.80. The molecule has 1 unspecified atom stereocenters. The molecule has 0 spiro atoms. The van der Waals surface area contributed by atoms with E-state index in [9.17, 15) is 9.90 Å². The van der Waals surface area contributed by atoms with Crippen LogP contribution >= 0.6 is 27.3 Å². The lowest BCUT2D eigenvalue weighted by Crippen LogP contribution is -2.59. The average Bonchev–Trinajstić information content (AvgIpc) is 3.42. The van der Waals surface area contributed by atoms with Gasteiger partial charge < -0.3 is 24.2 Å². The van der Waals surface area contributed by atoms with Gasteiger partial charge in [-0.2, -0.15) is 0 Å². The number of thiophene rings is 1. The van der Waals surface area contributed by atoms with Crippen molar-refractivity contribution in [2.24, 2.45) is 5.41 Å². The number of carboxylic acid groups (broad SMARTS) is 1. The summed E-state index contributed by atoms with van der Waals surface area (Å²) in [6.45, 7) is 9.94. The lowest BCUT2D eigenvalue weighted by atomic mass is 9.84. The van der Waals surface area contributed by atoms with Crippen molar-refractivity contribution >= 4 is 43.4 Å². The van der Waals surface area contributed by atoms with E-state index in [0.29, 0.717) is 32.8 Å². The van der Waals surface area contributed by atoms with Crippen LogP contribution < -0.4 is 14.2 Å². The van der Waals surface area contributed by atoms with Gasteiger partial charge in [0.05, 0.1) is 10.9 Å². The topological polar surface area (TPSA) is 71.5 Å². The third kappa shape index (κ3) is 8.09. The second-order valence-electron chi connectivity index (χ2n) is 12.8. The van der Waals surface area contributed by atoms with Crippen LogP contribution in [0.4, 0.5) is 4.79 Å². The van der Waals surface area contributed by atoms with Gasteiger partial charge in [0, 0.05) is 40.7 Å². The molecule has 9 heteroatoms. The zero-order chi connectivity index (χ0) is 33.0. The molecule has 1 N–H and O–H groups in total. The number of amides is 1. The summed E-state index contributed by atoms with van der Waals surface area (Å²) in [5.74, 6) is 3.11. The maximum Gasteiger partial charge on any atom is 0.407 e. The molecular weight excluding hydrogens is 676 g/mol. The molecular formula is C38H39BrN2O5S. The predicted molar refractivity (Wildman–Crippen MR) is 192 cm³/mol. The smallest absolute Gasteiger partial charge is 0.407 e. The van der Waals surface area contributed by atoms with E-state index >= 15 is 0 Å². The second kappa shape index (κ2) is 14.4. The van der Waals surface area contributed by atoms with Gasteiger partial charge in [0.2, 0.25) is 0 Å². The fourth-order valence-corrected chi connectivity index (χ4v) is 7.23. The number of piperazine rings is 1. The number of nitrogens with zero attached hydrogens (tertiary/aromatic N) is 2. The van der Waals surface area contributed by atoms with Crippen LogP contribution in [-0.4, -0.2) is 59.8 Å². The van der Waals surface area contributed by atoms with E-state index in [0.717, 1.165) is 60.1 Å². The Hall–Kier alpha value is -4.05. The number of hydrogen-bond acceptors (Lipinski definition) is 6. The average molecular weight is 716 g/mol. The molecule has 0 radical (unpaired) electrons. The highest BCUT2D eigenvalue weighted by Crippen LogP contribution is 2.47. The first-order chi connectivity index (χ1) is 22.6. The van der Waals surface area contributed by atoms with Crippen molar-refractivity contribution in [1.29, 1.82) is 0 Å². The summed E-state index contributed by atoms with van der Waals surface area (Å²) >= 11 is 5.24. The van der Waals surface area contributed by atoms with Crippen LogP contribution in [0.1, 0.15) is 26.3 Å². The lowest BCUT2D eigenvalue weighted by Gasteiger charge is -2.45. The van der Waals surface area contributed by atoms with Gasteiger partial charge in [0.15, 0.2) is 5.75 Å². The van der Waals surface area contributed by atoms with Crippen molar-refractivity contribution in [2.45, 2.75) is 33.4 Å². The van der Waals surface area contributed by atoms with Crippen LogP contribution in [-0.2, 0) is 6.61 Å². The first-order valence-electron chi connectivity index (χ1n) is 15.8. The minimum Gasteiger partial charge on any atom is -0.492 e. The molecule has 1 aromatic heterocycles. The largest absolute Gasteiger partial charge is 0.492 e. The van der Waals surface area contributed by atoms with Gasteiger partial charge >= 0.3 is 6.09 Å². The molecule has 5 aromatic rings. The third-order valence-corrected chi connectivity index (χ3v) is 10.1. The molecule has 47 heavy (non-hydrogen) atoms. The summed E-state index contributed by atoms with van der Waals surface area (Å²) in [5.41, 5.74) is 2.06. The van der Waals surface area contributed by atoms with Crippen molar-refractivity contribution in [2.75, 3.05) is 32.8 Å². The Morgan fingerprint density at radius 2 is 1.60 bits per heavy atom. The standard InChI is InChI=1S/C38H39BrN2O5S/c1-38(2,3)34-24-40(19-20-41(34)37(42)43)21-22-44-29-13-15-30(16-14-29)46-35-32-18-17-31(45-25-26-7-5-4-6-8-26)23-33(32)47-36(35)27-9-11-28(39)12-10-27/h4-18,23,34H,19-22,24-25H2,1-3H3,(H,42,43). The highest BCUT2D eigenvalue weighted by molar-refractivity contribution is 9.10. The minimum absolute atomic E-state index is 0.0610. The maximum atomic E-state index is 11.8. The molecule has 2 heterocycles. The molecule has 4 aromatic carbocycles. The van der Waals surface area contributed by atoms with E-state index < -0.39 is 6.09 Å².